The van der Waals surface area contributed by atoms with Gasteiger partial charge < -0.3 is 9.88 Å². The fraction of sp³-hybridized carbons (Fsp3) is 0.318. The number of benzene rings is 2. The van der Waals surface area contributed by atoms with E-state index in [1.807, 2.05) is 17.0 Å². The molecule has 3 nitrogen and oxygen atoms in total. The Kier molecular flexibility index (Phi) is 4.31. The predicted molar refractivity (Wildman–Crippen MR) is 102 cm³/mol. The molecule has 1 fully saturated rings. The molecule has 3 heteroatoms. The van der Waals surface area contributed by atoms with Crippen molar-refractivity contribution in [1.82, 2.24) is 9.88 Å². The summed E-state index contributed by atoms with van der Waals surface area (Å²) >= 11 is 0. The Hall–Kier alpha value is -2.55. The number of carbonyl (C=O) groups is 1. The lowest BCUT2D eigenvalue weighted by molar-refractivity contribution is -0.131. The number of H-pyrrole nitrogens is 1. The van der Waals surface area contributed by atoms with E-state index in [-0.39, 0.29) is 5.91 Å². The van der Waals surface area contributed by atoms with Gasteiger partial charge in [-0.2, -0.15) is 0 Å². The molecular weight excluding hydrogens is 308 g/mol. The first kappa shape index (κ1) is 15.9. The molecular formula is C22H24N2O. The number of carbonyl (C=O) groups excluding carboxylic acids is 1. The zero-order chi connectivity index (χ0) is 17.2. The average molecular weight is 332 g/mol. The second-order valence-electron chi connectivity index (χ2n) is 7.07. The van der Waals surface area contributed by atoms with E-state index in [1.54, 1.807) is 0 Å². The minimum absolute atomic E-state index is 0.254. The molecule has 1 aliphatic rings. The van der Waals surface area contributed by atoms with Gasteiger partial charge in [0.1, 0.15) is 0 Å². The fourth-order valence-corrected chi connectivity index (χ4v) is 3.84. The molecule has 1 saturated heterocycles. The molecule has 1 aromatic heterocycles. The quantitative estimate of drug-likeness (QED) is 0.757. The highest BCUT2D eigenvalue weighted by molar-refractivity contribution is 5.81. The second-order valence-corrected chi connectivity index (χ2v) is 7.07. The highest BCUT2D eigenvalue weighted by atomic mass is 16.2. The van der Waals surface area contributed by atoms with Gasteiger partial charge in [0, 0.05) is 30.2 Å². The molecule has 3 aromatic rings. The number of para-hydroxylation sites is 1. The van der Waals surface area contributed by atoms with Gasteiger partial charge in [-0.3, -0.25) is 4.79 Å². The van der Waals surface area contributed by atoms with Gasteiger partial charge in [-0.1, -0.05) is 42.5 Å². The monoisotopic (exact) mass is 332 g/mol. The van der Waals surface area contributed by atoms with Gasteiger partial charge >= 0.3 is 0 Å². The predicted octanol–water partition coefficient (Wildman–Crippen LogP) is 4.43. The molecule has 1 amide bonds. The van der Waals surface area contributed by atoms with Gasteiger partial charge in [-0.05, 0) is 48.4 Å². The third-order valence-electron chi connectivity index (χ3n) is 5.44. The highest BCUT2D eigenvalue weighted by Gasteiger charge is 2.25. The Morgan fingerprint density at radius 2 is 1.80 bits per heavy atom. The van der Waals surface area contributed by atoms with E-state index in [9.17, 15) is 4.79 Å². The molecule has 0 bridgehead atoms. The first-order chi connectivity index (χ1) is 12.2. The number of aromatic amines is 1. The van der Waals surface area contributed by atoms with Crippen molar-refractivity contribution in [2.24, 2.45) is 0 Å². The van der Waals surface area contributed by atoms with Gasteiger partial charge in [0.25, 0.3) is 0 Å². The summed E-state index contributed by atoms with van der Waals surface area (Å²) in [6.07, 6.45) is 2.59. The maximum Gasteiger partial charge on any atom is 0.226 e. The van der Waals surface area contributed by atoms with Crippen LogP contribution >= 0.6 is 0 Å². The number of aryl methyl sites for hydroxylation is 1. The topological polar surface area (TPSA) is 36.1 Å². The first-order valence-corrected chi connectivity index (χ1v) is 9.10. The molecule has 0 radical (unpaired) electrons. The molecule has 1 N–H and O–H groups in total. The van der Waals surface area contributed by atoms with Crippen molar-refractivity contribution in [3.8, 4) is 0 Å². The van der Waals surface area contributed by atoms with Crippen molar-refractivity contribution in [3.05, 3.63) is 71.4 Å². The summed E-state index contributed by atoms with van der Waals surface area (Å²) in [7, 11) is 0. The SMILES string of the molecule is Cc1ccccc1CC(=O)N1CCC(c2cc3ccccc3[nH]2)CC1. The van der Waals surface area contributed by atoms with Gasteiger partial charge in [0.2, 0.25) is 5.91 Å². The fourth-order valence-electron chi connectivity index (χ4n) is 3.84. The molecule has 1 aliphatic heterocycles. The van der Waals surface area contributed by atoms with Crippen molar-refractivity contribution in [2.45, 2.75) is 32.1 Å². The highest BCUT2D eigenvalue weighted by Crippen LogP contribution is 2.30. The number of hydrogen-bond acceptors (Lipinski definition) is 1. The molecule has 0 unspecified atom stereocenters. The van der Waals surface area contributed by atoms with Gasteiger partial charge in [0.15, 0.2) is 0 Å². The van der Waals surface area contributed by atoms with E-state index in [0.717, 1.165) is 31.5 Å². The first-order valence-electron chi connectivity index (χ1n) is 9.10. The maximum atomic E-state index is 12.6. The van der Waals surface area contributed by atoms with E-state index in [1.165, 1.54) is 22.2 Å². The molecule has 0 saturated carbocycles. The normalized spacial score (nSPS) is 15.6. The number of piperidine rings is 1. The van der Waals surface area contributed by atoms with Crippen LogP contribution < -0.4 is 0 Å². The summed E-state index contributed by atoms with van der Waals surface area (Å²) in [6.45, 7) is 3.78. The van der Waals surface area contributed by atoms with Crippen LogP contribution in [0.2, 0.25) is 0 Å². The number of nitrogens with zero attached hydrogens (tertiary/aromatic N) is 1. The molecule has 128 valence electrons. The van der Waals surface area contributed by atoms with E-state index in [2.05, 4.69) is 54.4 Å². The summed E-state index contributed by atoms with van der Waals surface area (Å²) < 4.78 is 0. The number of amides is 1. The number of nitrogens with one attached hydrogen (secondary N) is 1. The molecule has 0 atom stereocenters. The maximum absolute atomic E-state index is 12.6. The Morgan fingerprint density at radius 1 is 1.08 bits per heavy atom. The van der Waals surface area contributed by atoms with E-state index >= 15 is 0 Å². The Bertz CT molecular complexity index is 855. The van der Waals surface area contributed by atoms with Crippen LogP contribution in [0.1, 0.15) is 35.6 Å². The van der Waals surface area contributed by atoms with Crippen LogP contribution in [0.25, 0.3) is 10.9 Å². The van der Waals surface area contributed by atoms with Gasteiger partial charge in [-0.15, -0.1) is 0 Å². The average Bonchev–Trinajstić information content (AvgIpc) is 3.08. The summed E-state index contributed by atoms with van der Waals surface area (Å²) in [5.74, 6) is 0.777. The van der Waals surface area contributed by atoms with E-state index < -0.39 is 0 Å². The molecule has 0 spiro atoms. The minimum atomic E-state index is 0.254. The zero-order valence-corrected chi connectivity index (χ0v) is 14.7. The zero-order valence-electron chi connectivity index (χ0n) is 14.7. The number of rotatable bonds is 3. The van der Waals surface area contributed by atoms with E-state index in [0.29, 0.717) is 12.3 Å². The van der Waals surface area contributed by atoms with Crippen LogP contribution in [0.3, 0.4) is 0 Å². The van der Waals surface area contributed by atoms with E-state index in [4.69, 9.17) is 0 Å². The summed E-state index contributed by atoms with van der Waals surface area (Å²) in [4.78, 5) is 18.2. The van der Waals surface area contributed by atoms with Crippen molar-refractivity contribution in [1.29, 1.82) is 0 Å². The molecule has 0 aliphatic carbocycles. The third kappa shape index (κ3) is 3.32. The van der Waals surface area contributed by atoms with Crippen LogP contribution in [-0.4, -0.2) is 28.9 Å². The standard InChI is InChI=1S/C22H24N2O/c1-16-6-2-3-7-18(16)15-22(25)24-12-10-17(11-13-24)21-14-19-8-4-5-9-20(19)23-21/h2-9,14,17,23H,10-13,15H2,1H3. The second kappa shape index (κ2) is 6.75. The van der Waals surface area contributed by atoms with Crippen molar-refractivity contribution >= 4 is 16.8 Å². The van der Waals surface area contributed by atoms with Gasteiger partial charge in [0.05, 0.1) is 6.42 Å². The summed E-state index contributed by atoms with van der Waals surface area (Å²) in [5, 5.41) is 1.27. The lowest BCUT2D eigenvalue weighted by Crippen LogP contribution is -2.38. The summed E-state index contributed by atoms with van der Waals surface area (Å²) in [6, 6.07) is 18.9. The Balaban J connectivity index is 1.39. The van der Waals surface area contributed by atoms with Crippen LogP contribution in [0.15, 0.2) is 54.6 Å². The van der Waals surface area contributed by atoms with Gasteiger partial charge in [-0.25, -0.2) is 0 Å². The van der Waals surface area contributed by atoms with Crippen LogP contribution in [0.5, 0.6) is 0 Å². The van der Waals surface area contributed by atoms with Crippen LogP contribution in [-0.2, 0) is 11.2 Å². The lowest BCUT2D eigenvalue weighted by atomic mass is 9.93. The number of fused-ring (bicyclic) bond motifs is 1. The van der Waals surface area contributed by atoms with Crippen LogP contribution in [0.4, 0.5) is 0 Å². The van der Waals surface area contributed by atoms with Crippen LogP contribution in [0, 0.1) is 6.92 Å². The lowest BCUT2D eigenvalue weighted by Gasteiger charge is -2.32. The molecule has 25 heavy (non-hydrogen) atoms. The van der Waals surface area contributed by atoms with Crippen molar-refractivity contribution in [2.75, 3.05) is 13.1 Å². The Morgan fingerprint density at radius 3 is 2.56 bits per heavy atom. The molecule has 2 aromatic carbocycles. The Labute approximate surface area is 148 Å². The summed E-state index contributed by atoms with van der Waals surface area (Å²) in [5.41, 5.74) is 4.86. The molecule has 4 rings (SSSR count). The number of hydrogen-bond donors (Lipinski definition) is 1. The molecule has 2 heterocycles. The minimum Gasteiger partial charge on any atom is -0.358 e. The smallest absolute Gasteiger partial charge is 0.226 e. The number of aromatic nitrogens is 1. The third-order valence-corrected chi connectivity index (χ3v) is 5.44. The van der Waals surface area contributed by atoms with Crippen molar-refractivity contribution in [3.63, 3.8) is 0 Å². The number of likely N-dealkylation sites (tertiary alicyclic amines) is 1. The van der Waals surface area contributed by atoms with Crippen molar-refractivity contribution < 1.29 is 4.79 Å². The largest absolute Gasteiger partial charge is 0.358 e.